The molecule has 22 heavy (non-hydrogen) atoms. The third kappa shape index (κ3) is 9.56. The number of carboxylic acids is 1. The van der Waals surface area contributed by atoms with Gasteiger partial charge in [-0.1, -0.05) is 57.0 Å². The Kier molecular flexibility index (Phi) is 10.6. The molecule has 0 aliphatic rings. The third-order valence-corrected chi connectivity index (χ3v) is 4.04. The Morgan fingerprint density at radius 1 is 1.14 bits per heavy atom. The van der Waals surface area contributed by atoms with Crippen molar-refractivity contribution in [3.05, 3.63) is 35.9 Å². The van der Waals surface area contributed by atoms with Crippen molar-refractivity contribution in [2.24, 2.45) is 5.92 Å². The van der Waals surface area contributed by atoms with E-state index in [0.29, 0.717) is 6.42 Å². The Morgan fingerprint density at radius 2 is 1.73 bits per heavy atom. The van der Waals surface area contributed by atoms with E-state index in [1.165, 1.54) is 12.1 Å². The highest BCUT2D eigenvalue weighted by molar-refractivity contribution is 5.67. The van der Waals surface area contributed by atoms with E-state index in [4.69, 9.17) is 0 Å². The lowest BCUT2D eigenvalue weighted by Crippen LogP contribution is -2.38. The first-order valence-electron chi connectivity index (χ1n) is 8.43. The Hall–Kier alpha value is -1.35. The van der Waals surface area contributed by atoms with Gasteiger partial charge in [-0.2, -0.15) is 0 Å². The third-order valence-electron chi connectivity index (χ3n) is 4.04. The lowest BCUT2D eigenvalue weighted by molar-refractivity contribution is -0.901. The quantitative estimate of drug-likeness (QED) is 0.692. The van der Waals surface area contributed by atoms with Gasteiger partial charge < -0.3 is 14.4 Å². The molecule has 0 aromatic heterocycles. The van der Waals surface area contributed by atoms with Crippen LogP contribution < -0.4 is 5.11 Å². The van der Waals surface area contributed by atoms with E-state index < -0.39 is 5.97 Å². The molecule has 1 atom stereocenters. The Balaban J connectivity index is 0.000000409. The molecule has 1 aromatic rings. The second-order valence-corrected chi connectivity index (χ2v) is 6.46. The predicted molar refractivity (Wildman–Crippen MR) is 91.1 cm³/mol. The number of nitrogens with zero attached hydrogens (tertiary/aromatic N) is 1. The fourth-order valence-corrected chi connectivity index (χ4v) is 2.13. The second-order valence-electron chi connectivity index (χ2n) is 6.46. The van der Waals surface area contributed by atoms with Crippen LogP contribution in [0.1, 0.15) is 52.0 Å². The second kappa shape index (κ2) is 11.2. The average Bonchev–Trinajstić information content (AvgIpc) is 2.49. The first-order valence-corrected chi connectivity index (χ1v) is 8.43. The van der Waals surface area contributed by atoms with E-state index in [0.717, 1.165) is 30.3 Å². The van der Waals surface area contributed by atoms with Crippen molar-refractivity contribution >= 4 is 5.97 Å². The minimum Gasteiger partial charge on any atom is -0.550 e. The minimum absolute atomic E-state index is 0.222. The zero-order chi connectivity index (χ0) is 17.0. The number of carbonyl (C=O) groups excluding carboxylic acids is 1. The van der Waals surface area contributed by atoms with Crippen LogP contribution >= 0.6 is 0 Å². The van der Waals surface area contributed by atoms with E-state index >= 15 is 0 Å². The molecule has 0 bridgehead atoms. The Morgan fingerprint density at radius 3 is 2.14 bits per heavy atom. The molecule has 0 N–H and O–H groups in total. The van der Waals surface area contributed by atoms with Crippen molar-refractivity contribution in [2.45, 2.75) is 53.0 Å². The molecule has 1 unspecified atom stereocenters. The average molecular weight is 307 g/mol. The number of benzene rings is 1. The van der Waals surface area contributed by atoms with Crippen LogP contribution in [0.5, 0.6) is 0 Å². The van der Waals surface area contributed by atoms with Gasteiger partial charge in [-0.3, -0.25) is 0 Å². The van der Waals surface area contributed by atoms with Crippen molar-refractivity contribution in [3.63, 3.8) is 0 Å². The van der Waals surface area contributed by atoms with E-state index in [2.05, 4.69) is 58.3 Å². The molecule has 1 aromatic carbocycles. The largest absolute Gasteiger partial charge is 0.550 e. The number of unbranched alkanes of at least 4 members (excludes halogenated alkanes) is 1. The molecule has 0 spiro atoms. The summed E-state index contributed by atoms with van der Waals surface area (Å²) in [5.41, 5.74) is 1.42. The maximum absolute atomic E-state index is 10.3. The van der Waals surface area contributed by atoms with Crippen molar-refractivity contribution in [3.8, 4) is 0 Å². The standard InChI is InChI=1S/C11H18N.C8H16O2/c1-4-12(2,3)10-11-8-6-5-7-9-11;1-3-5-6-7(4-2)8(9)10/h5-9H,4,10H2,1-3H3;7H,3-6H2,1-2H3,(H,9,10)/q+1;/p-1. The van der Waals surface area contributed by atoms with Crippen LogP contribution in [-0.4, -0.2) is 31.1 Å². The molecule has 0 amide bonds. The van der Waals surface area contributed by atoms with Gasteiger partial charge in [0.2, 0.25) is 0 Å². The summed E-state index contributed by atoms with van der Waals surface area (Å²) >= 11 is 0. The number of hydrogen-bond donors (Lipinski definition) is 0. The van der Waals surface area contributed by atoms with Crippen LogP contribution in [0.4, 0.5) is 0 Å². The fraction of sp³-hybridized carbons (Fsp3) is 0.632. The zero-order valence-electron chi connectivity index (χ0n) is 15.0. The molecule has 0 heterocycles. The molecule has 126 valence electrons. The van der Waals surface area contributed by atoms with Gasteiger partial charge in [0.1, 0.15) is 6.54 Å². The smallest absolute Gasteiger partial charge is 0.104 e. The molecule has 0 saturated carbocycles. The number of hydrogen-bond acceptors (Lipinski definition) is 2. The van der Waals surface area contributed by atoms with Crippen LogP contribution in [0.25, 0.3) is 0 Å². The number of rotatable bonds is 8. The van der Waals surface area contributed by atoms with Crippen molar-refractivity contribution in [1.82, 2.24) is 0 Å². The number of aliphatic carboxylic acids is 1. The topological polar surface area (TPSA) is 40.1 Å². The van der Waals surface area contributed by atoms with Crippen molar-refractivity contribution < 1.29 is 14.4 Å². The minimum atomic E-state index is -0.893. The summed E-state index contributed by atoms with van der Waals surface area (Å²) in [5, 5.41) is 10.3. The van der Waals surface area contributed by atoms with Crippen LogP contribution in [0.15, 0.2) is 30.3 Å². The van der Waals surface area contributed by atoms with Gasteiger partial charge in [0.15, 0.2) is 0 Å². The molecule has 0 radical (unpaired) electrons. The summed E-state index contributed by atoms with van der Waals surface area (Å²) in [5.74, 6) is -1.11. The maximum Gasteiger partial charge on any atom is 0.104 e. The van der Waals surface area contributed by atoms with Crippen LogP contribution in [0.3, 0.4) is 0 Å². The lowest BCUT2D eigenvalue weighted by Gasteiger charge is -2.28. The molecule has 0 aliphatic heterocycles. The molecule has 3 heteroatoms. The SMILES string of the molecule is CCCCC(CC)C(=O)[O-].CC[N+](C)(C)Cc1ccccc1. The highest BCUT2D eigenvalue weighted by Crippen LogP contribution is 2.10. The summed E-state index contributed by atoms with van der Waals surface area (Å²) in [4.78, 5) is 10.3. The van der Waals surface area contributed by atoms with E-state index in [9.17, 15) is 9.90 Å². The van der Waals surface area contributed by atoms with Crippen molar-refractivity contribution in [2.75, 3.05) is 20.6 Å². The summed E-state index contributed by atoms with van der Waals surface area (Å²) in [7, 11) is 4.51. The summed E-state index contributed by atoms with van der Waals surface area (Å²) in [6.07, 6.45) is 3.52. The van der Waals surface area contributed by atoms with Gasteiger partial charge in [-0.25, -0.2) is 0 Å². The van der Waals surface area contributed by atoms with Gasteiger partial charge in [0.05, 0.1) is 20.6 Å². The highest BCUT2D eigenvalue weighted by Gasteiger charge is 2.11. The van der Waals surface area contributed by atoms with Crippen LogP contribution in [0, 0.1) is 5.92 Å². The zero-order valence-corrected chi connectivity index (χ0v) is 15.0. The monoisotopic (exact) mass is 307 g/mol. The van der Waals surface area contributed by atoms with Gasteiger partial charge in [-0.15, -0.1) is 0 Å². The van der Waals surface area contributed by atoms with Crippen LogP contribution in [0.2, 0.25) is 0 Å². The molecular weight excluding hydrogens is 274 g/mol. The van der Waals surface area contributed by atoms with E-state index in [1.807, 2.05) is 6.92 Å². The molecule has 0 fully saturated rings. The first kappa shape index (κ1) is 20.6. The molecular formula is C19H33NO2. The number of quaternary nitrogens is 1. The Labute approximate surface area is 136 Å². The maximum atomic E-state index is 10.3. The van der Waals surface area contributed by atoms with Gasteiger partial charge >= 0.3 is 0 Å². The van der Waals surface area contributed by atoms with Crippen LogP contribution in [-0.2, 0) is 11.3 Å². The van der Waals surface area contributed by atoms with Gasteiger partial charge in [0, 0.05) is 11.5 Å². The first-order chi connectivity index (χ1) is 10.4. The van der Waals surface area contributed by atoms with Gasteiger partial charge in [0.25, 0.3) is 0 Å². The predicted octanol–water partition coefficient (Wildman–Crippen LogP) is 3.24. The van der Waals surface area contributed by atoms with E-state index in [1.54, 1.807) is 0 Å². The summed E-state index contributed by atoms with van der Waals surface area (Å²) in [6.45, 7) is 8.47. The number of carbonyl (C=O) groups is 1. The lowest BCUT2D eigenvalue weighted by atomic mass is 10.00. The van der Waals surface area contributed by atoms with E-state index in [-0.39, 0.29) is 5.92 Å². The molecule has 0 saturated heterocycles. The van der Waals surface area contributed by atoms with Gasteiger partial charge in [-0.05, 0) is 25.7 Å². The summed E-state index contributed by atoms with van der Waals surface area (Å²) in [6, 6.07) is 10.6. The normalized spacial score (nSPS) is 12.2. The highest BCUT2D eigenvalue weighted by atomic mass is 16.4. The molecule has 1 rings (SSSR count). The van der Waals surface area contributed by atoms with Crippen molar-refractivity contribution in [1.29, 1.82) is 0 Å². The molecule has 0 aliphatic carbocycles. The Bertz CT molecular complexity index is 401. The number of carboxylic acid groups (broad SMARTS) is 1. The fourth-order valence-electron chi connectivity index (χ4n) is 2.13. The molecule has 3 nitrogen and oxygen atoms in total. The summed E-state index contributed by atoms with van der Waals surface area (Å²) < 4.78 is 1.06.